The summed E-state index contributed by atoms with van der Waals surface area (Å²) in [7, 11) is -4.27. The Hall–Kier alpha value is -2.67. The standard InChI is InChI=1S/C24H33FN3O9P/c1-14(2)36-21(31)16(4)27-38(33,34-12-17-9-7-6-8-15(17)3)35-13-18-20(30)24(5,25)22(37-18)28-11-10-19(29)26-23(28)32/h6-11,14,16,18,20,22,30H,12-13H2,1-5H3,(H,27,33)(H,26,29,32)/t16-,18+,20+,22+,24+,38?/m0/s1. The van der Waals surface area contributed by atoms with Crippen LogP contribution < -0.4 is 16.3 Å². The summed E-state index contributed by atoms with van der Waals surface area (Å²) in [5.74, 6) is -0.700. The number of aliphatic hydroxyl groups is 1. The molecule has 1 aromatic carbocycles. The molecule has 1 aliphatic rings. The van der Waals surface area contributed by atoms with Crippen molar-refractivity contribution in [3.05, 3.63) is 68.5 Å². The molecule has 3 rings (SSSR count). The van der Waals surface area contributed by atoms with E-state index in [1.807, 2.05) is 24.0 Å². The van der Waals surface area contributed by atoms with Gasteiger partial charge in [0.15, 0.2) is 11.9 Å². The van der Waals surface area contributed by atoms with E-state index in [4.69, 9.17) is 18.5 Å². The Bertz CT molecular complexity index is 1300. The molecule has 2 aromatic rings. The monoisotopic (exact) mass is 557 g/mol. The summed E-state index contributed by atoms with van der Waals surface area (Å²) in [6, 6.07) is 7.11. The summed E-state index contributed by atoms with van der Waals surface area (Å²) in [6.45, 7) is 6.82. The van der Waals surface area contributed by atoms with E-state index in [0.29, 0.717) is 5.56 Å². The maximum Gasteiger partial charge on any atom is 0.406 e. The van der Waals surface area contributed by atoms with Crippen molar-refractivity contribution in [2.45, 2.75) is 77.5 Å². The molecule has 1 aromatic heterocycles. The first-order chi connectivity index (χ1) is 17.7. The number of nitrogens with zero attached hydrogens (tertiary/aromatic N) is 1. The minimum Gasteiger partial charge on any atom is -0.462 e. The number of hydrogen-bond donors (Lipinski definition) is 3. The Kier molecular flexibility index (Phi) is 9.45. The first kappa shape index (κ1) is 29.9. The van der Waals surface area contributed by atoms with E-state index in [-0.39, 0.29) is 6.61 Å². The number of aryl methyl sites for hydroxylation is 1. The van der Waals surface area contributed by atoms with Crippen LogP contribution in [0.25, 0.3) is 0 Å². The van der Waals surface area contributed by atoms with E-state index in [1.54, 1.807) is 26.0 Å². The Morgan fingerprint density at radius 2 is 1.95 bits per heavy atom. The quantitative estimate of drug-likeness (QED) is 0.276. The van der Waals surface area contributed by atoms with Gasteiger partial charge in [-0.3, -0.25) is 28.2 Å². The average Bonchev–Trinajstić information content (AvgIpc) is 3.05. The number of rotatable bonds is 11. The van der Waals surface area contributed by atoms with Crippen molar-refractivity contribution >= 4 is 13.7 Å². The number of aromatic amines is 1. The molecule has 1 saturated heterocycles. The van der Waals surface area contributed by atoms with Crippen molar-refractivity contribution in [2.24, 2.45) is 0 Å². The van der Waals surface area contributed by atoms with Gasteiger partial charge in [0.2, 0.25) is 0 Å². The molecule has 6 atom stereocenters. The highest BCUT2D eigenvalue weighted by Crippen LogP contribution is 2.48. The van der Waals surface area contributed by atoms with E-state index < -0.39 is 67.8 Å². The highest BCUT2D eigenvalue weighted by atomic mass is 31.2. The Morgan fingerprint density at radius 1 is 1.26 bits per heavy atom. The molecule has 0 aliphatic carbocycles. The summed E-state index contributed by atoms with van der Waals surface area (Å²) in [4.78, 5) is 37.9. The fraction of sp³-hybridized carbons (Fsp3) is 0.542. The predicted molar refractivity (Wildman–Crippen MR) is 134 cm³/mol. The number of carbonyl (C=O) groups excluding carboxylic acids is 1. The fourth-order valence-electron chi connectivity index (χ4n) is 3.80. The van der Waals surface area contributed by atoms with Gasteiger partial charge in [0, 0.05) is 12.3 Å². The van der Waals surface area contributed by atoms with Crippen molar-refractivity contribution in [3.63, 3.8) is 0 Å². The van der Waals surface area contributed by atoms with Crippen LogP contribution in [0.2, 0.25) is 0 Å². The fourth-order valence-corrected chi connectivity index (χ4v) is 5.25. The number of esters is 1. The number of hydrogen-bond acceptors (Lipinski definition) is 9. The number of carbonyl (C=O) groups is 1. The Labute approximate surface area is 218 Å². The van der Waals surface area contributed by atoms with Crippen LogP contribution in [0, 0.1) is 6.92 Å². The Morgan fingerprint density at radius 3 is 2.58 bits per heavy atom. The van der Waals surface area contributed by atoms with Gasteiger partial charge in [0.25, 0.3) is 5.56 Å². The van der Waals surface area contributed by atoms with Crippen LogP contribution in [0.4, 0.5) is 4.39 Å². The molecule has 12 nitrogen and oxygen atoms in total. The lowest BCUT2D eigenvalue weighted by Crippen LogP contribution is -2.43. The van der Waals surface area contributed by atoms with Crippen LogP contribution in [0.3, 0.4) is 0 Å². The molecule has 3 N–H and O–H groups in total. The van der Waals surface area contributed by atoms with Crippen molar-refractivity contribution < 1.29 is 37.4 Å². The molecule has 0 bridgehead atoms. The molecule has 0 saturated carbocycles. The number of alkyl halides is 1. The van der Waals surface area contributed by atoms with Gasteiger partial charge in [0.1, 0.15) is 18.2 Å². The van der Waals surface area contributed by atoms with Crippen LogP contribution >= 0.6 is 7.75 Å². The van der Waals surface area contributed by atoms with Crippen molar-refractivity contribution in [2.75, 3.05) is 6.61 Å². The molecule has 1 unspecified atom stereocenters. The molecule has 0 spiro atoms. The maximum atomic E-state index is 15.5. The molecule has 1 fully saturated rings. The van der Waals surface area contributed by atoms with Crippen LogP contribution in [-0.2, 0) is 34.5 Å². The van der Waals surface area contributed by atoms with Gasteiger partial charge in [-0.15, -0.1) is 0 Å². The third kappa shape index (κ3) is 7.04. The number of benzene rings is 1. The molecule has 0 amide bonds. The number of H-pyrrole nitrogens is 1. The lowest BCUT2D eigenvalue weighted by Gasteiger charge is -2.25. The van der Waals surface area contributed by atoms with Crippen LogP contribution in [0.1, 0.15) is 45.0 Å². The first-order valence-corrected chi connectivity index (χ1v) is 13.5. The highest BCUT2D eigenvalue weighted by molar-refractivity contribution is 7.51. The van der Waals surface area contributed by atoms with E-state index >= 15 is 4.39 Å². The van der Waals surface area contributed by atoms with Crippen molar-refractivity contribution in [1.29, 1.82) is 0 Å². The number of aromatic nitrogens is 2. The SMILES string of the molecule is Cc1ccccc1COP(=O)(N[C@@H](C)C(=O)OC(C)C)OC[C@H]1O[C@@H](n2ccc(=O)[nH]c2=O)[C@](C)(F)[C@@H]1O. The highest BCUT2D eigenvalue weighted by Gasteiger charge is 2.55. The third-order valence-corrected chi connectivity index (χ3v) is 7.60. The number of ether oxygens (including phenoxy) is 2. The molecular weight excluding hydrogens is 524 g/mol. The van der Waals surface area contributed by atoms with E-state index in [2.05, 4.69) is 5.09 Å². The summed E-state index contributed by atoms with van der Waals surface area (Å²) in [5, 5.41) is 13.1. The number of nitrogens with one attached hydrogen (secondary N) is 2. The lowest BCUT2D eigenvalue weighted by atomic mass is 9.98. The second-order valence-corrected chi connectivity index (χ2v) is 11.2. The van der Waals surface area contributed by atoms with Crippen LogP contribution in [0.15, 0.2) is 46.1 Å². The number of halogens is 1. The van der Waals surface area contributed by atoms with E-state index in [9.17, 15) is 24.1 Å². The average molecular weight is 558 g/mol. The molecule has 210 valence electrons. The normalized spacial score (nSPS) is 25.7. The minimum atomic E-state index is -4.27. The summed E-state index contributed by atoms with van der Waals surface area (Å²) in [6.07, 6.45) is -4.18. The second-order valence-electron chi connectivity index (χ2n) is 9.47. The first-order valence-electron chi connectivity index (χ1n) is 12.0. The van der Waals surface area contributed by atoms with E-state index in [0.717, 1.165) is 29.3 Å². The smallest absolute Gasteiger partial charge is 0.406 e. The zero-order valence-corrected chi connectivity index (χ0v) is 22.6. The summed E-state index contributed by atoms with van der Waals surface area (Å²) < 4.78 is 51.8. The predicted octanol–water partition coefficient (Wildman–Crippen LogP) is 2.10. The van der Waals surface area contributed by atoms with Crippen molar-refractivity contribution in [3.8, 4) is 0 Å². The van der Waals surface area contributed by atoms with Crippen LogP contribution in [0.5, 0.6) is 0 Å². The molecule has 38 heavy (non-hydrogen) atoms. The summed E-state index contributed by atoms with van der Waals surface area (Å²) in [5.41, 5.74) is -2.53. The van der Waals surface area contributed by atoms with Gasteiger partial charge in [0.05, 0.1) is 19.3 Å². The van der Waals surface area contributed by atoms with Gasteiger partial charge in [-0.05, 0) is 45.7 Å². The van der Waals surface area contributed by atoms with Crippen LogP contribution in [-0.4, -0.2) is 57.3 Å². The number of aliphatic hydroxyl groups excluding tert-OH is 1. The van der Waals surface area contributed by atoms with Gasteiger partial charge in [-0.25, -0.2) is 18.8 Å². The van der Waals surface area contributed by atoms with E-state index in [1.165, 1.54) is 6.92 Å². The molecule has 1 aliphatic heterocycles. The van der Waals surface area contributed by atoms with Gasteiger partial charge in [-0.1, -0.05) is 24.3 Å². The third-order valence-electron chi connectivity index (χ3n) is 5.94. The topological polar surface area (TPSA) is 158 Å². The van der Waals surface area contributed by atoms with Gasteiger partial charge >= 0.3 is 19.4 Å². The molecule has 2 heterocycles. The van der Waals surface area contributed by atoms with Gasteiger partial charge < -0.3 is 14.6 Å². The molecule has 0 radical (unpaired) electrons. The maximum absolute atomic E-state index is 15.5. The zero-order chi connectivity index (χ0) is 28.3. The molecule has 14 heteroatoms. The minimum absolute atomic E-state index is 0.146. The lowest BCUT2D eigenvalue weighted by molar-refractivity contribution is -0.149. The summed E-state index contributed by atoms with van der Waals surface area (Å²) >= 11 is 0. The molecular formula is C24H33FN3O9P. The second kappa shape index (κ2) is 12.0. The Balaban J connectivity index is 1.79. The largest absolute Gasteiger partial charge is 0.462 e. The van der Waals surface area contributed by atoms with Crippen molar-refractivity contribution in [1.82, 2.24) is 14.6 Å². The van der Waals surface area contributed by atoms with Gasteiger partial charge in [-0.2, -0.15) is 0 Å². The zero-order valence-electron chi connectivity index (χ0n) is 21.8.